The van der Waals surface area contributed by atoms with E-state index in [0.717, 1.165) is 5.56 Å². The molecule has 3 atom stereocenters. The Hall–Kier alpha value is -4.07. The molecule has 8 nitrogen and oxygen atoms in total. The van der Waals surface area contributed by atoms with Crippen LogP contribution in [-0.4, -0.2) is 31.6 Å². The maximum Gasteiger partial charge on any atom is 0.337 e. The van der Waals surface area contributed by atoms with Crippen LogP contribution in [0.1, 0.15) is 37.3 Å². The van der Waals surface area contributed by atoms with E-state index in [4.69, 9.17) is 18.9 Å². The fourth-order valence-corrected chi connectivity index (χ4v) is 5.18. The van der Waals surface area contributed by atoms with Crippen LogP contribution >= 0.6 is 0 Å². The summed E-state index contributed by atoms with van der Waals surface area (Å²) in [7, 11) is 1.27. The van der Waals surface area contributed by atoms with Gasteiger partial charge in [-0.3, -0.25) is 9.59 Å². The molecule has 0 saturated carbocycles. The molecule has 0 amide bonds. The maximum atomic E-state index is 13.8. The van der Waals surface area contributed by atoms with Crippen molar-refractivity contribution < 1.29 is 33.3 Å². The quantitative estimate of drug-likeness (QED) is 0.501. The fourth-order valence-electron chi connectivity index (χ4n) is 5.18. The summed E-state index contributed by atoms with van der Waals surface area (Å²) in [6, 6.07) is 14.7. The van der Waals surface area contributed by atoms with Gasteiger partial charge >= 0.3 is 11.9 Å². The van der Waals surface area contributed by atoms with Gasteiger partial charge < -0.3 is 24.3 Å². The average Bonchev–Trinajstić information content (AvgIpc) is 3.35. The predicted octanol–water partition coefficient (Wildman–Crippen LogP) is 3.77. The number of hydrogen-bond donors (Lipinski definition) is 1. The van der Waals surface area contributed by atoms with Crippen molar-refractivity contribution in [3.05, 3.63) is 82.2 Å². The Bertz CT molecular complexity index is 1290. The summed E-state index contributed by atoms with van der Waals surface area (Å²) in [5.74, 6) is -2.31. The summed E-state index contributed by atoms with van der Waals surface area (Å²) in [4.78, 5) is 39.9. The number of benzene rings is 2. The predicted molar refractivity (Wildman–Crippen MR) is 129 cm³/mol. The first kappa shape index (κ1) is 23.7. The van der Waals surface area contributed by atoms with Gasteiger partial charge in [-0.05, 0) is 42.5 Å². The van der Waals surface area contributed by atoms with Gasteiger partial charge in [0.2, 0.25) is 6.79 Å². The van der Waals surface area contributed by atoms with Gasteiger partial charge in [-0.25, -0.2) is 4.79 Å². The lowest BCUT2D eigenvalue weighted by atomic mass is 9.69. The number of carbonyl (C=O) groups is 3. The number of methoxy groups -OCH3 is 1. The summed E-state index contributed by atoms with van der Waals surface area (Å²) >= 11 is 0. The summed E-state index contributed by atoms with van der Waals surface area (Å²) < 4.78 is 21.7. The van der Waals surface area contributed by atoms with E-state index in [9.17, 15) is 14.4 Å². The number of carbonyl (C=O) groups excluding carboxylic acids is 3. The summed E-state index contributed by atoms with van der Waals surface area (Å²) in [6.45, 7) is 3.83. The largest absolute Gasteiger partial charge is 0.468 e. The smallest absolute Gasteiger partial charge is 0.337 e. The highest BCUT2D eigenvalue weighted by Crippen LogP contribution is 2.47. The molecule has 1 aliphatic carbocycles. The van der Waals surface area contributed by atoms with Crippen LogP contribution in [0.4, 0.5) is 0 Å². The second-order valence-electron chi connectivity index (χ2n) is 9.21. The Labute approximate surface area is 208 Å². The molecule has 36 heavy (non-hydrogen) atoms. The van der Waals surface area contributed by atoms with Gasteiger partial charge in [0.1, 0.15) is 12.5 Å². The second-order valence-corrected chi connectivity index (χ2v) is 9.21. The Morgan fingerprint density at radius 1 is 1.08 bits per heavy atom. The molecule has 186 valence electrons. The minimum atomic E-state index is -0.952. The standard InChI is InChI=1S/C28H27NO7/c1-15-11-19-25(26(30)22(15)27(31)33-3)24(18-9-10-20-21(12-18)36-14-35-20)23(16(2)29-19)28(32)34-13-17-7-5-4-6-8-17/h4-10,12,15,22,24,29H,11,13-14H2,1-3H3. The molecule has 2 aromatic carbocycles. The molecule has 0 fully saturated rings. The monoisotopic (exact) mass is 489 g/mol. The molecule has 8 heteroatoms. The zero-order valence-corrected chi connectivity index (χ0v) is 20.3. The van der Waals surface area contributed by atoms with Gasteiger partial charge in [0, 0.05) is 22.9 Å². The van der Waals surface area contributed by atoms with Crippen molar-refractivity contribution in [3.63, 3.8) is 0 Å². The number of ketones is 1. The van der Waals surface area contributed by atoms with Crippen molar-refractivity contribution in [2.75, 3.05) is 13.9 Å². The minimum Gasteiger partial charge on any atom is -0.468 e. The van der Waals surface area contributed by atoms with Gasteiger partial charge in [-0.1, -0.05) is 43.3 Å². The van der Waals surface area contributed by atoms with E-state index in [-0.39, 0.29) is 25.1 Å². The molecule has 3 unspecified atom stereocenters. The molecule has 0 spiro atoms. The molecule has 2 heterocycles. The van der Waals surface area contributed by atoms with Gasteiger partial charge in [0.15, 0.2) is 17.3 Å². The van der Waals surface area contributed by atoms with Crippen molar-refractivity contribution >= 4 is 17.7 Å². The fraction of sp³-hybridized carbons (Fsp3) is 0.321. The third-order valence-electron chi connectivity index (χ3n) is 6.91. The number of rotatable bonds is 5. The first-order valence-electron chi connectivity index (χ1n) is 11.8. The van der Waals surface area contributed by atoms with Crippen molar-refractivity contribution in [1.29, 1.82) is 0 Å². The van der Waals surface area contributed by atoms with Crippen LogP contribution in [0.15, 0.2) is 71.1 Å². The first-order chi connectivity index (χ1) is 17.4. The zero-order chi connectivity index (χ0) is 25.4. The Morgan fingerprint density at radius 3 is 2.58 bits per heavy atom. The molecule has 0 saturated heterocycles. The average molecular weight is 490 g/mol. The van der Waals surface area contributed by atoms with Crippen LogP contribution in [0.3, 0.4) is 0 Å². The van der Waals surface area contributed by atoms with E-state index in [0.29, 0.717) is 46.0 Å². The zero-order valence-electron chi connectivity index (χ0n) is 20.3. The molecule has 3 aliphatic rings. The van der Waals surface area contributed by atoms with Crippen LogP contribution < -0.4 is 14.8 Å². The molecular weight excluding hydrogens is 462 g/mol. The lowest BCUT2D eigenvalue weighted by Gasteiger charge is -2.38. The summed E-state index contributed by atoms with van der Waals surface area (Å²) in [5.41, 5.74) is 3.51. The Balaban J connectivity index is 1.57. The molecule has 5 rings (SSSR count). The van der Waals surface area contributed by atoms with E-state index in [1.165, 1.54) is 7.11 Å². The number of ether oxygens (including phenoxy) is 4. The SMILES string of the molecule is COC(=O)C1C(=O)C2=C(CC1C)NC(C)=C(C(=O)OCc1ccccc1)C2c1ccc2c(c1)OCO2. The molecule has 0 radical (unpaired) electrons. The van der Waals surface area contributed by atoms with Crippen LogP contribution in [-0.2, 0) is 30.5 Å². The third-order valence-corrected chi connectivity index (χ3v) is 6.91. The Kier molecular flexibility index (Phi) is 6.26. The highest BCUT2D eigenvalue weighted by atomic mass is 16.7. The first-order valence-corrected chi connectivity index (χ1v) is 11.8. The lowest BCUT2D eigenvalue weighted by Crippen LogP contribution is -2.43. The van der Waals surface area contributed by atoms with E-state index in [1.807, 2.05) is 43.3 Å². The van der Waals surface area contributed by atoms with E-state index in [2.05, 4.69) is 5.32 Å². The summed E-state index contributed by atoms with van der Waals surface area (Å²) in [5, 5.41) is 3.27. The molecular formula is C28H27NO7. The molecule has 0 bridgehead atoms. The van der Waals surface area contributed by atoms with Crippen molar-refractivity contribution in [1.82, 2.24) is 5.32 Å². The van der Waals surface area contributed by atoms with Gasteiger partial charge in [0.05, 0.1) is 12.7 Å². The second kappa shape index (κ2) is 9.53. The third kappa shape index (κ3) is 4.12. The lowest BCUT2D eigenvalue weighted by molar-refractivity contribution is -0.151. The molecule has 2 aliphatic heterocycles. The molecule has 2 aromatic rings. The van der Waals surface area contributed by atoms with Crippen LogP contribution in [0.2, 0.25) is 0 Å². The molecule has 1 N–H and O–H groups in total. The highest BCUT2D eigenvalue weighted by molar-refractivity contribution is 6.12. The maximum absolute atomic E-state index is 13.8. The number of Topliss-reactive ketones (excluding diaryl/α,β-unsaturated/α-hetero) is 1. The van der Waals surface area contributed by atoms with Gasteiger partial charge in [-0.15, -0.1) is 0 Å². The number of esters is 2. The van der Waals surface area contributed by atoms with E-state index < -0.39 is 23.8 Å². The van der Waals surface area contributed by atoms with Crippen LogP contribution in [0.5, 0.6) is 11.5 Å². The number of nitrogens with one attached hydrogen (secondary N) is 1. The normalized spacial score (nSPS) is 22.6. The number of fused-ring (bicyclic) bond motifs is 1. The van der Waals surface area contributed by atoms with E-state index >= 15 is 0 Å². The van der Waals surface area contributed by atoms with Gasteiger partial charge in [-0.2, -0.15) is 0 Å². The van der Waals surface area contributed by atoms with Crippen molar-refractivity contribution in [2.24, 2.45) is 11.8 Å². The van der Waals surface area contributed by atoms with Crippen LogP contribution in [0.25, 0.3) is 0 Å². The van der Waals surface area contributed by atoms with E-state index in [1.54, 1.807) is 19.1 Å². The number of hydrogen-bond acceptors (Lipinski definition) is 8. The topological polar surface area (TPSA) is 100 Å². The highest BCUT2D eigenvalue weighted by Gasteiger charge is 2.47. The van der Waals surface area contributed by atoms with Crippen molar-refractivity contribution in [3.8, 4) is 11.5 Å². The summed E-state index contributed by atoms with van der Waals surface area (Å²) in [6.07, 6.45) is 0.464. The molecule has 0 aromatic heterocycles. The minimum absolute atomic E-state index is 0.0893. The van der Waals surface area contributed by atoms with Crippen molar-refractivity contribution in [2.45, 2.75) is 32.8 Å². The van der Waals surface area contributed by atoms with Crippen LogP contribution in [0, 0.1) is 11.8 Å². The number of dihydropyridines is 1. The Morgan fingerprint density at radius 2 is 1.83 bits per heavy atom. The number of allylic oxidation sites excluding steroid dienone is 3. The van der Waals surface area contributed by atoms with Gasteiger partial charge in [0.25, 0.3) is 0 Å².